The molecule has 0 bridgehead atoms. The van der Waals surface area contributed by atoms with Crippen LogP contribution in [0.3, 0.4) is 0 Å². The smallest absolute Gasteiger partial charge is 0.0990 e. The molecule has 1 atom stereocenters. The summed E-state index contributed by atoms with van der Waals surface area (Å²) in [4.78, 5) is 0. The maximum atomic E-state index is 6.20. The summed E-state index contributed by atoms with van der Waals surface area (Å²) in [5.74, 6) is 1.41. The zero-order valence-electron chi connectivity index (χ0n) is 10.4. The number of hydrogen-bond donors (Lipinski definition) is 1. The van der Waals surface area contributed by atoms with Gasteiger partial charge in [-0.1, -0.05) is 29.8 Å². The number of hydrogen-bond acceptors (Lipinski definition) is 2. The molecule has 2 rings (SSSR count). The first kappa shape index (κ1) is 14.1. The number of allylic oxidation sites excluding steroid dienone is 2. The number of benzene rings is 1. The predicted octanol–water partition coefficient (Wildman–Crippen LogP) is 3.71. The van der Waals surface area contributed by atoms with Gasteiger partial charge in [-0.05, 0) is 44.0 Å². The van der Waals surface area contributed by atoms with Crippen molar-refractivity contribution in [1.82, 2.24) is 0 Å². The Balaban J connectivity index is 0.000000686. The normalized spacial score (nSPS) is 18.8. The van der Waals surface area contributed by atoms with Gasteiger partial charge in [0.05, 0.1) is 12.9 Å². The maximum absolute atomic E-state index is 6.20. The van der Waals surface area contributed by atoms with Crippen LogP contribution in [0.2, 0.25) is 5.02 Å². The molecule has 0 saturated carbocycles. The lowest BCUT2D eigenvalue weighted by molar-refractivity contribution is 0.250. The molecule has 0 amide bonds. The molecule has 3 heteroatoms. The second-order valence-corrected chi connectivity index (χ2v) is 4.22. The summed E-state index contributed by atoms with van der Waals surface area (Å²) in [6.07, 6.45) is 5.63. The molecular weight excluding hydrogens is 234 g/mol. The molecule has 1 aliphatic carbocycles. The highest BCUT2D eigenvalue weighted by atomic mass is 35.5. The lowest BCUT2D eigenvalue weighted by atomic mass is 9.87. The van der Waals surface area contributed by atoms with Gasteiger partial charge in [0.2, 0.25) is 0 Å². The summed E-state index contributed by atoms with van der Waals surface area (Å²) in [5.41, 5.74) is 5.69. The molecule has 0 saturated heterocycles. The van der Waals surface area contributed by atoms with Crippen LogP contribution in [-0.4, -0.2) is 14.2 Å². The first-order valence-corrected chi connectivity index (χ1v) is 6.27. The van der Waals surface area contributed by atoms with E-state index in [0.717, 1.165) is 23.6 Å². The van der Waals surface area contributed by atoms with Crippen LogP contribution in [0.25, 0.3) is 0 Å². The van der Waals surface area contributed by atoms with E-state index in [2.05, 4.69) is 17.9 Å². The molecule has 0 aliphatic heterocycles. The largest absolute Gasteiger partial charge is 0.501 e. The molecule has 1 aromatic rings. The summed E-state index contributed by atoms with van der Waals surface area (Å²) >= 11 is 6.20. The van der Waals surface area contributed by atoms with Gasteiger partial charge < -0.3 is 10.5 Å². The standard InChI is InChI=1S/C13H15ClO.CH5N/c1-15-13-9-5-3-7-11(13)10-6-2-4-8-12(10)14;1-2/h2,4,6,8-9,11H,3,5,7H2,1H3;2H2,1H3. The molecule has 0 heterocycles. The second kappa shape index (κ2) is 7.36. The van der Waals surface area contributed by atoms with Crippen LogP contribution < -0.4 is 5.73 Å². The SMILES string of the molecule is CN.COC1=CCCCC1c1ccccc1Cl. The Hall–Kier alpha value is -0.990. The van der Waals surface area contributed by atoms with Crippen molar-refractivity contribution in [2.24, 2.45) is 5.73 Å². The molecule has 1 unspecified atom stereocenters. The molecule has 1 aliphatic rings. The second-order valence-electron chi connectivity index (χ2n) is 3.82. The van der Waals surface area contributed by atoms with Crippen LogP contribution in [0.15, 0.2) is 36.1 Å². The molecular formula is C14H20ClNO. The van der Waals surface area contributed by atoms with E-state index in [0.29, 0.717) is 5.92 Å². The van der Waals surface area contributed by atoms with Crippen molar-refractivity contribution in [2.45, 2.75) is 25.2 Å². The Bertz CT molecular complexity index is 376. The van der Waals surface area contributed by atoms with Crippen LogP contribution in [0.4, 0.5) is 0 Å². The fourth-order valence-corrected chi connectivity index (χ4v) is 2.41. The molecule has 0 fully saturated rings. The van der Waals surface area contributed by atoms with E-state index >= 15 is 0 Å². The average molecular weight is 254 g/mol. The van der Waals surface area contributed by atoms with Crippen LogP contribution in [-0.2, 0) is 4.74 Å². The molecule has 0 radical (unpaired) electrons. The number of rotatable bonds is 2. The monoisotopic (exact) mass is 253 g/mol. The highest BCUT2D eigenvalue weighted by Crippen LogP contribution is 2.37. The van der Waals surface area contributed by atoms with Crippen molar-refractivity contribution in [3.63, 3.8) is 0 Å². The Morgan fingerprint density at radius 2 is 2.00 bits per heavy atom. The van der Waals surface area contributed by atoms with E-state index in [-0.39, 0.29) is 0 Å². The van der Waals surface area contributed by atoms with Gasteiger partial charge in [0, 0.05) is 10.9 Å². The Kier molecular flexibility index (Phi) is 6.09. The highest BCUT2D eigenvalue weighted by molar-refractivity contribution is 6.31. The molecule has 1 aromatic carbocycles. The molecule has 94 valence electrons. The fourth-order valence-electron chi connectivity index (χ4n) is 2.14. The molecule has 0 aromatic heterocycles. The zero-order valence-corrected chi connectivity index (χ0v) is 11.2. The first-order chi connectivity index (χ1) is 8.33. The summed E-state index contributed by atoms with van der Waals surface area (Å²) in [7, 11) is 3.24. The maximum Gasteiger partial charge on any atom is 0.0990 e. The lowest BCUT2D eigenvalue weighted by Crippen LogP contribution is -2.09. The van der Waals surface area contributed by atoms with Crippen molar-refractivity contribution in [3.05, 3.63) is 46.7 Å². The van der Waals surface area contributed by atoms with Crippen LogP contribution >= 0.6 is 11.6 Å². The van der Waals surface area contributed by atoms with Gasteiger partial charge in [0.15, 0.2) is 0 Å². The topological polar surface area (TPSA) is 35.2 Å². The Morgan fingerprint density at radius 1 is 1.29 bits per heavy atom. The third kappa shape index (κ3) is 3.48. The summed E-state index contributed by atoms with van der Waals surface area (Å²) in [5, 5.41) is 0.840. The van der Waals surface area contributed by atoms with Gasteiger partial charge in [0.25, 0.3) is 0 Å². The number of ether oxygens (including phenoxy) is 1. The van der Waals surface area contributed by atoms with E-state index in [1.54, 1.807) is 7.11 Å². The van der Waals surface area contributed by atoms with E-state index in [9.17, 15) is 0 Å². The summed E-state index contributed by atoms with van der Waals surface area (Å²) in [6, 6.07) is 8.03. The van der Waals surface area contributed by atoms with Crippen molar-refractivity contribution >= 4 is 11.6 Å². The third-order valence-corrected chi connectivity index (χ3v) is 3.25. The number of nitrogens with two attached hydrogens (primary N) is 1. The fraction of sp³-hybridized carbons (Fsp3) is 0.429. The van der Waals surface area contributed by atoms with Gasteiger partial charge in [-0.3, -0.25) is 0 Å². The minimum atomic E-state index is 0.345. The van der Waals surface area contributed by atoms with Gasteiger partial charge in [-0.2, -0.15) is 0 Å². The summed E-state index contributed by atoms with van der Waals surface area (Å²) < 4.78 is 5.42. The van der Waals surface area contributed by atoms with Gasteiger partial charge >= 0.3 is 0 Å². The molecule has 0 spiro atoms. The zero-order chi connectivity index (χ0) is 12.7. The lowest BCUT2D eigenvalue weighted by Gasteiger charge is -2.24. The Labute approximate surface area is 108 Å². The third-order valence-electron chi connectivity index (χ3n) is 2.90. The minimum absolute atomic E-state index is 0.345. The van der Waals surface area contributed by atoms with Gasteiger partial charge in [-0.25, -0.2) is 0 Å². The van der Waals surface area contributed by atoms with Gasteiger partial charge in [-0.15, -0.1) is 0 Å². The van der Waals surface area contributed by atoms with E-state index < -0.39 is 0 Å². The van der Waals surface area contributed by atoms with E-state index in [4.69, 9.17) is 16.3 Å². The van der Waals surface area contributed by atoms with Crippen molar-refractivity contribution < 1.29 is 4.74 Å². The van der Waals surface area contributed by atoms with E-state index in [1.165, 1.54) is 19.0 Å². The van der Waals surface area contributed by atoms with Crippen LogP contribution in [0.1, 0.15) is 30.7 Å². The average Bonchev–Trinajstić information content (AvgIpc) is 2.41. The minimum Gasteiger partial charge on any atom is -0.501 e. The molecule has 2 N–H and O–H groups in total. The van der Waals surface area contributed by atoms with Crippen molar-refractivity contribution in [3.8, 4) is 0 Å². The number of halogens is 1. The first-order valence-electron chi connectivity index (χ1n) is 5.89. The quantitative estimate of drug-likeness (QED) is 0.872. The number of methoxy groups -OCH3 is 1. The predicted molar refractivity (Wildman–Crippen MR) is 73.2 cm³/mol. The summed E-state index contributed by atoms with van der Waals surface area (Å²) in [6.45, 7) is 0. The van der Waals surface area contributed by atoms with Crippen molar-refractivity contribution in [2.75, 3.05) is 14.2 Å². The Morgan fingerprint density at radius 3 is 2.65 bits per heavy atom. The van der Waals surface area contributed by atoms with Gasteiger partial charge in [0.1, 0.15) is 0 Å². The molecule has 2 nitrogen and oxygen atoms in total. The highest BCUT2D eigenvalue weighted by Gasteiger charge is 2.21. The van der Waals surface area contributed by atoms with E-state index in [1.807, 2.05) is 18.2 Å². The molecule has 17 heavy (non-hydrogen) atoms. The van der Waals surface area contributed by atoms with Crippen LogP contribution in [0.5, 0.6) is 0 Å². The van der Waals surface area contributed by atoms with Crippen molar-refractivity contribution in [1.29, 1.82) is 0 Å². The van der Waals surface area contributed by atoms with Crippen LogP contribution in [0, 0.1) is 0 Å².